The van der Waals surface area contributed by atoms with Gasteiger partial charge in [-0.1, -0.05) is 74.1 Å². The summed E-state index contributed by atoms with van der Waals surface area (Å²) >= 11 is 0. The molecule has 4 fully saturated rings. The van der Waals surface area contributed by atoms with E-state index in [0.717, 1.165) is 44.9 Å². The second-order valence-corrected chi connectivity index (χ2v) is 17.5. The van der Waals surface area contributed by atoms with Crippen LogP contribution in [0.1, 0.15) is 119 Å². The number of ketones is 1. The predicted octanol–water partition coefficient (Wildman–Crippen LogP) is 3.29. The summed E-state index contributed by atoms with van der Waals surface area (Å²) in [5.74, 6) is -2.29. The van der Waals surface area contributed by atoms with Crippen molar-refractivity contribution in [1.29, 1.82) is 0 Å². The smallest absolute Gasteiger partial charge is 0.315 e. The van der Waals surface area contributed by atoms with E-state index in [2.05, 4.69) is 35.1 Å². The molecule has 4 aliphatic rings. The number of Topliss-reactive ketones (excluding diaryl/α,β-unsaturated/α-hetero) is 1. The molecule has 1 saturated carbocycles. The van der Waals surface area contributed by atoms with Gasteiger partial charge < -0.3 is 35.8 Å². The lowest BCUT2D eigenvalue weighted by molar-refractivity contribution is -0.144. The highest BCUT2D eigenvalue weighted by molar-refractivity contribution is 6.38. The van der Waals surface area contributed by atoms with Crippen LogP contribution >= 0.6 is 0 Å². The highest BCUT2D eigenvalue weighted by Gasteiger charge is 2.46. The van der Waals surface area contributed by atoms with E-state index >= 15 is 0 Å². The summed E-state index contributed by atoms with van der Waals surface area (Å²) in [4.78, 5) is 84.6. The molecular weight excluding hydrogens is 652 g/mol. The maximum Gasteiger partial charge on any atom is 0.315 e. The Hall–Kier alpha value is -3.22. The van der Waals surface area contributed by atoms with Gasteiger partial charge in [-0.25, -0.2) is 4.79 Å². The number of hydrogen-bond donors (Lipinski definition) is 4. The molecule has 3 heterocycles. The van der Waals surface area contributed by atoms with E-state index < -0.39 is 59.1 Å². The third kappa shape index (κ3) is 11.6. The highest BCUT2D eigenvalue weighted by atomic mass is 16.5. The van der Waals surface area contributed by atoms with Gasteiger partial charge in [0.1, 0.15) is 12.1 Å². The van der Waals surface area contributed by atoms with Gasteiger partial charge in [-0.2, -0.15) is 0 Å². The molecule has 4 rings (SSSR count). The molecule has 0 aromatic carbocycles. The van der Waals surface area contributed by atoms with Crippen molar-refractivity contribution in [1.82, 2.24) is 31.1 Å². The maximum atomic E-state index is 14.4. The average Bonchev–Trinajstić information content (AvgIpc) is 3.74. The van der Waals surface area contributed by atoms with Gasteiger partial charge in [0.05, 0.1) is 18.7 Å². The molecule has 3 saturated heterocycles. The molecule has 0 unspecified atom stereocenters. The molecule has 13 nitrogen and oxygen atoms in total. The summed E-state index contributed by atoms with van der Waals surface area (Å²) < 4.78 is 5.97. The van der Waals surface area contributed by atoms with Gasteiger partial charge in [0.15, 0.2) is 0 Å². The molecule has 0 bridgehead atoms. The largest absolute Gasteiger partial charge is 0.379 e. The lowest BCUT2D eigenvalue weighted by atomic mass is 9.81. The summed E-state index contributed by atoms with van der Waals surface area (Å²) in [7, 11) is 0. The first-order chi connectivity index (χ1) is 24.0. The third-order valence-electron chi connectivity index (χ3n) is 11.1. The van der Waals surface area contributed by atoms with Crippen LogP contribution in [0, 0.1) is 22.7 Å². The molecule has 4 N–H and O–H groups in total. The fourth-order valence-corrected chi connectivity index (χ4v) is 7.40. The van der Waals surface area contributed by atoms with Gasteiger partial charge >= 0.3 is 6.03 Å². The number of likely N-dealkylation sites (tertiary alicyclic amines) is 1. The van der Waals surface area contributed by atoms with Crippen LogP contribution in [-0.2, 0) is 28.7 Å². The number of fused-ring (bicyclic) bond motifs is 1. The van der Waals surface area contributed by atoms with Gasteiger partial charge in [-0.05, 0) is 61.2 Å². The number of hydrogen-bond acceptors (Lipinski definition) is 7. The first-order valence-electron chi connectivity index (χ1n) is 19.3. The Morgan fingerprint density at radius 1 is 0.941 bits per heavy atom. The van der Waals surface area contributed by atoms with E-state index in [1.54, 1.807) is 0 Å². The Morgan fingerprint density at radius 2 is 1.63 bits per heavy atom. The van der Waals surface area contributed by atoms with Crippen molar-refractivity contribution < 1.29 is 33.5 Å². The highest BCUT2D eigenvalue weighted by Crippen LogP contribution is 2.33. The van der Waals surface area contributed by atoms with Crippen molar-refractivity contribution in [2.75, 3.05) is 32.8 Å². The van der Waals surface area contributed by atoms with Gasteiger partial charge in [0.2, 0.25) is 23.5 Å². The predicted molar refractivity (Wildman–Crippen MR) is 193 cm³/mol. The average molecular weight is 717 g/mol. The number of urea groups is 1. The monoisotopic (exact) mass is 716 g/mol. The van der Waals surface area contributed by atoms with Crippen LogP contribution < -0.4 is 21.3 Å². The molecule has 1 aliphatic carbocycles. The quantitative estimate of drug-likeness (QED) is 0.280. The molecule has 0 radical (unpaired) electrons. The molecule has 0 aromatic rings. The van der Waals surface area contributed by atoms with Crippen molar-refractivity contribution in [2.45, 2.75) is 149 Å². The summed E-state index contributed by atoms with van der Waals surface area (Å²) in [5.41, 5.74) is -0.446. The van der Waals surface area contributed by atoms with E-state index in [4.69, 9.17) is 4.74 Å². The fourth-order valence-electron chi connectivity index (χ4n) is 7.40. The molecule has 0 aromatic heterocycles. The topological polar surface area (TPSA) is 166 Å². The number of rotatable bonds is 8. The number of carbonyl (C=O) groups is 6. The van der Waals surface area contributed by atoms with Crippen molar-refractivity contribution in [3.63, 3.8) is 0 Å². The number of ether oxygens (including phenoxy) is 1. The zero-order valence-corrected chi connectivity index (χ0v) is 32.1. The second kappa shape index (κ2) is 17.5. The summed E-state index contributed by atoms with van der Waals surface area (Å²) in [6, 6.07) is -3.87. The number of nitrogens with zero attached hydrogens (tertiary/aromatic N) is 2. The van der Waals surface area contributed by atoms with Gasteiger partial charge in [-0.15, -0.1) is 0 Å². The Bertz CT molecular complexity index is 1280. The molecule has 13 heteroatoms. The molecule has 0 spiro atoms. The van der Waals surface area contributed by atoms with Crippen LogP contribution in [0.25, 0.3) is 0 Å². The van der Waals surface area contributed by atoms with Crippen molar-refractivity contribution in [3.8, 4) is 0 Å². The van der Waals surface area contributed by atoms with Crippen LogP contribution in [0.2, 0.25) is 0 Å². The van der Waals surface area contributed by atoms with E-state index in [0.29, 0.717) is 51.9 Å². The second-order valence-electron chi connectivity index (χ2n) is 17.5. The minimum Gasteiger partial charge on any atom is -0.379 e. The van der Waals surface area contributed by atoms with E-state index in [1.165, 1.54) is 4.90 Å². The van der Waals surface area contributed by atoms with Crippen molar-refractivity contribution in [3.05, 3.63) is 0 Å². The number of amides is 6. The standard InChI is InChI=1S/C38H64N6O7/c1-24(2)26-16-18-44-31(26)33(47)40-27(32(46)34(48)39-25-14-15-25)13-11-9-8-10-12-20-51-23-28(35(44)49)41-36(50)42-29(37(3,4)5)22-43-19-17-38(6,7)21-30(43)45/h24-29,31H,8-23H2,1-7H3,(H,39,48)(H,40,47)(H2,41,42,50)/t26-,27+,28+,29-,31+/m1/s1. The zero-order valence-electron chi connectivity index (χ0n) is 32.1. The normalized spacial score (nSPS) is 27.7. The SMILES string of the molecule is CC(C)[C@H]1CCN2C(=O)[C@@H](NC(=O)N[C@H](CN3CCC(C)(C)CC3=O)C(C)(C)C)COCCCCCCC[C@@H](C(=O)C(=O)NC3CC3)NC(=O)[C@H]12. The molecule has 3 aliphatic heterocycles. The minimum atomic E-state index is -1.07. The van der Waals surface area contributed by atoms with Crippen LogP contribution in [0.4, 0.5) is 4.79 Å². The lowest BCUT2D eigenvalue weighted by Crippen LogP contribution is -2.61. The van der Waals surface area contributed by atoms with Gasteiger partial charge in [-0.3, -0.25) is 24.0 Å². The summed E-state index contributed by atoms with van der Waals surface area (Å²) in [6.07, 6.45) is 7.99. The van der Waals surface area contributed by atoms with Crippen LogP contribution in [0.15, 0.2) is 0 Å². The van der Waals surface area contributed by atoms with Crippen LogP contribution in [0.3, 0.4) is 0 Å². The molecule has 51 heavy (non-hydrogen) atoms. The molecular formula is C38H64N6O7. The van der Waals surface area contributed by atoms with Crippen LogP contribution in [0.5, 0.6) is 0 Å². The van der Waals surface area contributed by atoms with E-state index in [1.807, 2.05) is 39.5 Å². The number of piperidine rings is 1. The first kappa shape index (κ1) is 40.5. The fraction of sp³-hybridized carbons (Fsp3) is 0.842. The molecule has 6 amide bonds. The Balaban J connectivity index is 1.53. The first-order valence-corrected chi connectivity index (χ1v) is 19.3. The maximum absolute atomic E-state index is 14.4. The van der Waals surface area contributed by atoms with E-state index in [-0.39, 0.29) is 35.8 Å². The Morgan fingerprint density at radius 3 is 2.27 bits per heavy atom. The van der Waals surface area contributed by atoms with Crippen molar-refractivity contribution in [2.24, 2.45) is 22.7 Å². The third-order valence-corrected chi connectivity index (χ3v) is 11.1. The molecule has 5 atom stereocenters. The number of nitrogens with one attached hydrogen (secondary N) is 4. The zero-order chi connectivity index (χ0) is 37.5. The van der Waals surface area contributed by atoms with Gasteiger partial charge in [0.25, 0.3) is 5.91 Å². The van der Waals surface area contributed by atoms with E-state index in [9.17, 15) is 28.8 Å². The van der Waals surface area contributed by atoms with Crippen molar-refractivity contribution >= 4 is 35.4 Å². The number of carbonyl (C=O) groups excluding carboxylic acids is 6. The molecule has 288 valence electrons. The summed E-state index contributed by atoms with van der Waals surface area (Å²) in [5, 5.41) is 11.6. The summed E-state index contributed by atoms with van der Waals surface area (Å²) in [6.45, 7) is 15.8. The minimum absolute atomic E-state index is 0.0128. The van der Waals surface area contributed by atoms with Gasteiger partial charge in [0, 0.05) is 38.7 Å². The Labute approximate surface area is 304 Å². The lowest BCUT2D eigenvalue weighted by Gasteiger charge is -2.41. The van der Waals surface area contributed by atoms with Crippen LogP contribution in [-0.4, -0.2) is 108 Å². The Kier molecular flexibility index (Phi) is 13.9.